The minimum absolute atomic E-state index is 0.0647. The molecule has 4 heteroatoms. The number of primary amides is 1. The molecule has 0 aromatic carbocycles. The van der Waals surface area contributed by atoms with Gasteiger partial charge < -0.3 is 10.5 Å². The van der Waals surface area contributed by atoms with Crippen molar-refractivity contribution < 1.29 is 9.53 Å². The maximum atomic E-state index is 10.5. The second-order valence-corrected chi connectivity index (χ2v) is 4.39. The number of nitrogens with two attached hydrogens (primary N) is 1. The van der Waals surface area contributed by atoms with E-state index < -0.39 is 5.91 Å². The Labute approximate surface area is 89.5 Å². The molecule has 0 fully saturated rings. The van der Waals surface area contributed by atoms with E-state index >= 15 is 0 Å². The largest absolute Gasteiger partial charge is 0.468 e. The zero-order chi connectivity index (χ0) is 11.5. The monoisotopic (exact) mass is 208 g/mol. The van der Waals surface area contributed by atoms with E-state index in [0.717, 1.165) is 5.56 Å². The fourth-order valence-electron chi connectivity index (χ4n) is 1.05. The topological polar surface area (TPSA) is 65.2 Å². The molecule has 0 unspecified atom stereocenters. The third kappa shape index (κ3) is 3.58. The van der Waals surface area contributed by atoms with Crippen LogP contribution in [0.3, 0.4) is 0 Å². The third-order valence-electron chi connectivity index (χ3n) is 1.96. The van der Waals surface area contributed by atoms with Crippen LogP contribution in [0.15, 0.2) is 18.3 Å². The molecule has 0 aliphatic heterocycles. The molecule has 0 saturated heterocycles. The number of rotatable bonds is 3. The standard InChI is InChI=1S/C11H16N2O2/c1-11(2,3)8-4-5-10(13-6-8)15-7-9(12)14/h4-6H,7H2,1-3H3,(H2,12,14). The number of nitrogens with zero attached hydrogens (tertiary/aromatic N) is 1. The molecule has 0 atom stereocenters. The van der Waals surface area contributed by atoms with Crippen molar-refractivity contribution in [3.8, 4) is 5.88 Å². The quantitative estimate of drug-likeness (QED) is 0.812. The lowest BCUT2D eigenvalue weighted by Crippen LogP contribution is -2.20. The van der Waals surface area contributed by atoms with Gasteiger partial charge in [0.25, 0.3) is 5.91 Å². The van der Waals surface area contributed by atoms with Gasteiger partial charge in [0.1, 0.15) is 0 Å². The molecular weight excluding hydrogens is 192 g/mol. The third-order valence-corrected chi connectivity index (χ3v) is 1.96. The van der Waals surface area contributed by atoms with Crippen LogP contribution in [0.5, 0.6) is 5.88 Å². The van der Waals surface area contributed by atoms with Crippen LogP contribution in [-0.2, 0) is 10.2 Å². The van der Waals surface area contributed by atoms with Gasteiger partial charge in [-0.25, -0.2) is 4.98 Å². The van der Waals surface area contributed by atoms with Gasteiger partial charge in [0, 0.05) is 12.3 Å². The number of aromatic nitrogens is 1. The highest BCUT2D eigenvalue weighted by atomic mass is 16.5. The lowest BCUT2D eigenvalue weighted by molar-refractivity contribution is -0.120. The number of carbonyl (C=O) groups excluding carboxylic acids is 1. The summed E-state index contributed by atoms with van der Waals surface area (Å²) in [7, 11) is 0. The van der Waals surface area contributed by atoms with E-state index in [9.17, 15) is 4.79 Å². The SMILES string of the molecule is CC(C)(C)c1ccc(OCC(N)=O)nc1. The normalized spacial score (nSPS) is 11.1. The molecule has 1 aromatic heterocycles. The molecule has 1 rings (SSSR count). The number of hydrogen-bond acceptors (Lipinski definition) is 3. The summed E-state index contributed by atoms with van der Waals surface area (Å²) >= 11 is 0. The Bertz CT molecular complexity index is 339. The Kier molecular flexibility index (Phi) is 3.29. The lowest BCUT2D eigenvalue weighted by Gasteiger charge is -2.18. The van der Waals surface area contributed by atoms with Crippen molar-refractivity contribution in [2.45, 2.75) is 26.2 Å². The molecule has 15 heavy (non-hydrogen) atoms. The van der Waals surface area contributed by atoms with Crippen LogP contribution >= 0.6 is 0 Å². The molecule has 0 aliphatic carbocycles. The Morgan fingerprint density at radius 2 is 2.13 bits per heavy atom. The molecule has 0 saturated carbocycles. The van der Waals surface area contributed by atoms with E-state index in [0.29, 0.717) is 5.88 Å². The number of ether oxygens (including phenoxy) is 1. The number of carbonyl (C=O) groups is 1. The van der Waals surface area contributed by atoms with Crippen LogP contribution in [0.25, 0.3) is 0 Å². The minimum atomic E-state index is -0.503. The Morgan fingerprint density at radius 1 is 1.47 bits per heavy atom. The van der Waals surface area contributed by atoms with Gasteiger partial charge in [0.15, 0.2) is 6.61 Å². The van der Waals surface area contributed by atoms with Gasteiger partial charge in [-0.05, 0) is 11.0 Å². The van der Waals surface area contributed by atoms with Crippen LogP contribution in [0.1, 0.15) is 26.3 Å². The molecule has 0 radical (unpaired) electrons. The molecule has 2 N–H and O–H groups in total. The average Bonchev–Trinajstić information content (AvgIpc) is 2.14. The van der Waals surface area contributed by atoms with Crippen LogP contribution in [-0.4, -0.2) is 17.5 Å². The van der Waals surface area contributed by atoms with Crippen LogP contribution in [0, 0.1) is 0 Å². The second-order valence-electron chi connectivity index (χ2n) is 4.39. The van der Waals surface area contributed by atoms with E-state index in [1.54, 1.807) is 12.3 Å². The fourth-order valence-corrected chi connectivity index (χ4v) is 1.05. The zero-order valence-corrected chi connectivity index (χ0v) is 9.28. The summed E-state index contributed by atoms with van der Waals surface area (Å²) in [5, 5.41) is 0. The van der Waals surface area contributed by atoms with Crippen molar-refractivity contribution in [2.24, 2.45) is 5.73 Å². The van der Waals surface area contributed by atoms with Crippen LogP contribution in [0.4, 0.5) is 0 Å². The molecule has 0 aliphatic rings. The molecule has 1 aromatic rings. The minimum Gasteiger partial charge on any atom is -0.468 e. The lowest BCUT2D eigenvalue weighted by atomic mass is 9.88. The maximum absolute atomic E-state index is 10.5. The average molecular weight is 208 g/mol. The first-order valence-electron chi connectivity index (χ1n) is 4.77. The van der Waals surface area contributed by atoms with Gasteiger partial charge in [-0.2, -0.15) is 0 Å². The van der Waals surface area contributed by atoms with Crippen molar-refractivity contribution in [1.82, 2.24) is 4.98 Å². The number of amides is 1. The first-order valence-corrected chi connectivity index (χ1v) is 4.77. The van der Waals surface area contributed by atoms with E-state index in [2.05, 4.69) is 25.8 Å². The van der Waals surface area contributed by atoms with Crippen molar-refractivity contribution in [1.29, 1.82) is 0 Å². The van der Waals surface area contributed by atoms with Crippen LogP contribution in [0.2, 0.25) is 0 Å². The highest BCUT2D eigenvalue weighted by Crippen LogP contribution is 2.22. The zero-order valence-electron chi connectivity index (χ0n) is 9.28. The van der Waals surface area contributed by atoms with Crippen molar-refractivity contribution in [3.63, 3.8) is 0 Å². The molecule has 82 valence electrons. The first-order chi connectivity index (χ1) is 6.89. The van der Waals surface area contributed by atoms with Crippen molar-refractivity contribution >= 4 is 5.91 Å². The molecule has 0 spiro atoms. The summed E-state index contributed by atoms with van der Waals surface area (Å²) in [5.41, 5.74) is 6.13. The van der Waals surface area contributed by atoms with Crippen molar-refractivity contribution in [3.05, 3.63) is 23.9 Å². The molecule has 1 heterocycles. The smallest absolute Gasteiger partial charge is 0.255 e. The summed E-state index contributed by atoms with van der Waals surface area (Å²) in [6, 6.07) is 3.67. The number of hydrogen-bond donors (Lipinski definition) is 1. The molecular formula is C11H16N2O2. The van der Waals surface area contributed by atoms with E-state index in [-0.39, 0.29) is 12.0 Å². The summed E-state index contributed by atoms with van der Waals surface area (Å²) < 4.78 is 5.05. The van der Waals surface area contributed by atoms with Gasteiger partial charge in [0.2, 0.25) is 5.88 Å². The van der Waals surface area contributed by atoms with Crippen LogP contribution < -0.4 is 10.5 Å². The second kappa shape index (κ2) is 4.29. The maximum Gasteiger partial charge on any atom is 0.255 e. The van der Waals surface area contributed by atoms with Gasteiger partial charge in [0.05, 0.1) is 0 Å². The Balaban J connectivity index is 2.69. The highest BCUT2D eigenvalue weighted by molar-refractivity contribution is 5.75. The predicted molar refractivity (Wildman–Crippen MR) is 57.6 cm³/mol. The molecule has 4 nitrogen and oxygen atoms in total. The highest BCUT2D eigenvalue weighted by Gasteiger charge is 2.13. The summed E-state index contributed by atoms with van der Waals surface area (Å²) in [6.07, 6.45) is 1.75. The van der Waals surface area contributed by atoms with Gasteiger partial charge in [-0.3, -0.25) is 4.79 Å². The molecule has 0 bridgehead atoms. The van der Waals surface area contributed by atoms with E-state index in [1.807, 2.05) is 6.07 Å². The summed E-state index contributed by atoms with van der Waals surface area (Å²) in [6.45, 7) is 6.18. The van der Waals surface area contributed by atoms with Gasteiger partial charge in [-0.1, -0.05) is 26.8 Å². The Morgan fingerprint density at radius 3 is 2.53 bits per heavy atom. The van der Waals surface area contributed by atoms with Gasteiger partial charge >= 0.3 is 0 Å². The van der Waals surface area contributed by atoms with E-state index in [1.165, 1.54) is 0 Å². The van der Waals surface area contributed by atoms with Crippen molar-refractivity contribution in [2.75, 3.05) is 6.61 Å². The summed E-state index contributed by atoms with van der Waals surface area (Å²) in [4.78, 5) is 14.6. The number of pyridine rings is 1. The van der Waals surface area contributed by atoms with E-state index in [4.69, 9.17) is 10.5 Å². The Hall–Kier alpha value is -1.58. The predicted octanol–water partition coefficient (Wildman–Crippen LogP) is 1.24. The summed E-state index contributed by atoms with van der Waals surface area (Å²) in [5.74, 6) is -0.0847. The first kappa shape index (κ1) is 11.5. The molecule has 1 amide bonds. The fraction of sp³-hybridized carbons (Fsp3) is 0.455. The van der Waals surface area contributed by atoms with Gasteiger partial charge in [-0.15, -0.1) is 0 Å².